The van der Waals surface area contributed by atoms with Crippen LogP contribution >= 0.6 is 28.6 Å². The van der Waals surface area contributed by atoms with Crippen LogP contribution in [-0.4, -0.2) is 47.9 Å². The van der Waals surface area contributed by atoms with Gasteiger partial charge in [-0.05, 0) is 59.9 Å². The lowest BCUT2D eigenvalue weighted by molar-refractivity contribution is 0.0742. The Bertz CT molecular complexity index is 523. The maximum Gasteiger partial charge on any atom is 0.255 e. The zero-order chi connectivity index (χ0) is 14.1. The van der Waals surface area contributed by atoms with Gasteiger partial charge in [0.25, 0.3) is 5.91 Å². The molecule has 1 amide bonds. The van der Waals surface area contributed by atoms with Crippen molar-refractivity contribution in [3.8, 4) is 0 Å². The molecule has 108 valence electrons. The monoisotopic (exact) mass is 354 g/mol. The van der Waals surface area contributed by atoms with Crippen LogP contribution in [-0.2, 0) is 0 Å². The van der Waals surface area contributed by atoms with Gasteiger partial charge in [-0.15, -0.1) is 12.6 Å². The molecule has 5 heteroatoms. The predicted molar refractivity (Wildman–Crippen MR) is 86.5 cm³/mol. The molecule has 0 N–H and O–H groups in total. The molecule has 1 aromatic carbocycles. The highest BCUT2D eigenvalue weighted by atomic mass is 79.9. The quantitative estimate of drug-likeness (QED) is 0.783. The zero-order valence-electron chi connectivity index (χ0n) is 11.4. The van der Waals surface area contributed by atoms with Crippen LogP contribution in [0.1, 0.15) is 29.6 Å². The third-order valence-corrected chi connectivity index (χ3v) is 5.24. The molecule has 2 aliphatic heterocycles. The van der Waals surface area contributed by atoms with Crippen molar-refractivity contribution in [3.63, 3.8) is 0 Å². The molecule has 20 heavy (non-hydrogen) atoms. The average Bonchev–Trinajstić information content (AvgIpc) is 2.78. The highest BCUT2D eigenvalue weighted by Gasteiger charge is 2.31. The lowest BCUT2D eigenvalue weighted by atomic mass is 10.1. The fourth-order valence-electron chi connectivity index (χ4n) is 3.24. The molecule has 2 saturated heterocycles. The smallest absolute Gasteiger partial charge is 0.255 e. The number of carbonyl (C=O) groups is 1. The molecule has 1 unspecified atom stereocenters. The standard InChI is InChI=1S/C15H19BrN2OS/c16-14-5-4-12(20)9-13(14)15(19)18-8-2-7-17-6-1-3-11(17)10-18/h4-5,9,11,20H,1-3,6-8,10H2. The maximum atomic E-state index is 12.8. The van der Waals surface area contributed by atoms with Crippen LogP contribution in [0.15, 0.2) is 27.6 Å². The molecule has 0 spiro atoms. The minimum atomic E-state index is 0.126. The van der Waals surface area contributed by atoms with Gasteiger partial charge in [0.05, 0.1) is 5.56 Å². The average molecular weight is 355 g/mol. The number of fused-ring (bicyclic) bond motifs is 1. The molecule has 3 nitrogen and oxygen atoms in total. The lowest BCUT2D eigenvalue weighted by Crippen LogP contribution is -2.39. The van der Waals surface area contributed by atoms with Gasteiger partial charge in [-0.3, -0.25) is 9.69 Å². The van der Waals surface area contributed by atoms with Gasteiger partial charge in [0.15, 0.2) is 0 Å². The van der Waals surface area contributed by atoms with E-state index in [0.29, 0.717) is 6.04 Å². The van der Waals surface area contributed by atoms with Crippen LogP contribution in [0.5, 0.6) is 0 Å². The molecule has 3 rings (SSSR count). The Labute approximate surface area is 133 Å². The number of rotatable bonds is 1. The van der Waals surface area contributed by atoms with E-state index in [9.17, 15) is 4.79 Å². The first-order chi connectivity index (χ1) is 9.65. The normalized spacial score (nSPS) is 23.5. The Morgan fingerprint density at radius 2 is 2.05 bits per heavy atom. The number of hydrogen-bond donors (Lipinski definition) is 1. The first-order valence-electron chi connectivity index (χ1n) is 7.17. The Morgan fingerprint density at radius 1 is 1.25 bits per heavy atom. The van der Waals surface area contributed by atoms with Gasteiger partial charge in [0.1, 0.15) is 0 Å². The van der Waals surface area contributed by atoms with Gasteiger partial charge in [0.2, 0.25) is 0 Å². The number of thiol groups is 1. The third-order valence-electron chi connectivity index (χ3n) is 4.27. The van der Waals surface area contributed by atoms with E-state index in [-0.39, 0.29) is 5.91 Å². The van der Waals surface area contributed by atoms with Crippen molar-refractivity contribution in [2.45, 2.75) is 30.2 Å². The topological polar surface area (TPSA) is 23.6 Å². The van der Waals surface area contributed by atoms with Crippen LogP contribution in [0.4, 0.5) is 0 Å². The zero-order valence-corrected chi connectivity index (χ0v) is 13.9. The predicted octanol–water partition coefficient (Wildman–Crippen LogP) is 3.05. The van der Waals surface area contributed by atoms with Crippen molar-refractivity contribution in [2.24, 2.45) is 0 Å². The molecular formula is C15H19BrN2OS. The van der Waals surface area contributed by atoms with Gasteiger partial charge >= 0.3 is 0 Å². The Kier molecular flexibility index (Phi) is 4.38. The van der Waals surface area contributed by atoms with E-state index in [1.807, 2.05) is 23.1 Å². The van der Waals surface area contributed by atoms with E-state index in [1.165, 1.54) is 19.4 Å². The summed E-state index contributed by atoms with van der Waals surface area (Å²) in [7, 11) is 0. The number of halogens is 1. The fraction of sp³-hybridized carbons (Fsp3) is 0.533. The van der Waals surface area contributed by atoms with E-state index in [0.717, 1.165) is 41.0 Å². The summed E-state index contributed by atoms with van der Waals surface area (Å²) in [5.41, 5.74) is 0.726. The molecule has 2 aliphatic rings. The molecule has 2 fully saturated rings. The van der Waals surface area contributed by atoms with Gasteiger partial charge in [0, 0.05) is 35.0 Å². The summed E-state index contributed by atoms with van der Waals surface area (Å²) in [6.07, 6.45) is 3.56. The molecule has 0 aliphatic carbocycles. The SMILES string of the molecule is O=C(c1cc(S)ccc1Br)N1CCCN2CCCC2C1. The molecule has 0 aromatic heterocycles. The minimum Gasteiger partial charge on any atom is -0.337 e. The fourth-order valence-corrected chi connectivity index (χ4v) is 3.86. The molecule has 1 aromatic rings. The summed E-state index contributed by atoms with van der Waals surface area (Å²) in [5.74, 6) is 0.126. The first-order valence-corrected chi connectivity index (χ1v) is 8.41. The largest absolute Gasteiger partial charge is 0.337 e. The minimum absolute atomic E-state index is 0.126. The van der Waals surface area contributed by atoms with Crippen LogP contribution < -0.4 is 0 Å². The maximum absolute atomic E-state index is 12.8. The molecule has 0 saturated carbocycles. The van der Waals surface area contributed by atoms with E-state index in [4.69, 9.17) is 0 Å². The first kappa shape index (κ1) is 14.4. The Hall–Kier alpha value is -0.520. The van der Waals surface area contributed by atoms with Crippen LogP contribution in [0.3, 0.4) is 0 Å². The van der Waals surface area contributed by atoms with Crippen LogP contribution in [0.2, 0.25) is 0 Å². The van der Waals surface area contributed by atoms with Crippen molar-refractivity contribution >= 4 is 34.5 Å². The van der Waals surface area contributed by atoms with E-state index in [1.54, 1.807) is 0 Å². The van der Waals surface area contributed by atoms with E-state index < -0.39 is 0 Å². The lowest BCUT2D eigenvalue weighted by Gasteiger charge is -2.26. The second-order valence-electron chi connectivity index (χ2n) is 5.60. The molecule has 2 heterocycles. The number of hydrogen-bond acceptors (Lipinski definition) is 3. The molecule has 0 radical (unpaired) electrons. The van der Waals surface area contributed by atoms with Crippen molar-refractivity contribution in [1.82, 2.24) is 9.80 Å². The van der Waals surface area contributed by atoms with Gasteiger partial charge < -0.3 is 4.90 Å². The summed E-state index contributed by atoms with van der Waals surface area (Å²) >= 11 is 7.82. The number of carbonyl (C=O) groups excluding carboxylic acids is 1. The van der Waals surface area contributed by atoms with E-state index in [2.05, 4.69) is 33.5 Å². The molecule has 0 bridgehead atoms. The molecule has 1 atom stereocenters. The Morgan fingerprint density at radius 3 is 2.90 bits per heavy atom. The van der Waals surface area contributed by atoms with Crippen molar-refractivity contribution in [3.05, 3.63) is 28.2 Å². The molecular weight excluding hydrogens is 336 g/mol. The second kappa shape index (κ2) is 6.08. The second-order valence-corrected chi connectivity index (χ2v) is 6.97. The van der Waals surface area contributed by atoms with Crippen LogP contribution in [0, 0.1) is 0 Å². The summed E-state index contributed by atoms with van der Waals surface area (Å²) in [6, 6.07) is 6.20. The highest BCUT2D eigenvalue weighted by Crippen LogP contribution is 2.25. The van der Waals surface area contributed by atoms with Crippen LogP contribution in [0.25, 0.3) is 0 Å². The van der Waals surface area contributed by atoms with Gasteiger partial charge in [-0.25, -0.2) is 0 Å². The summed E-state index contributed by atoms with van der Waals surface area (Å²) in [6.45, 7) is 4.04. The summed E-state index contributed by atoms with van der Waals surface area (Å²) < 4.78 is 0.854. The number of benzene rings is 1. The summed E-state index contributed by atoms with van der Waals surface area (Å²) in [5, 5.41) is 0. The third kappa shape index (κ3) is 2.90. The van der Waals surface area contributed by atoms with Gasteiger partial charge in [-0.1, -0.05) is 0 Å². The van der Waals surface area contributed by atoms with Crippen molar-refractivity contribution in [2.75, 3.05) is 26.2 Å². The Balaban J connectivity index is 1.80. The number of amides is 1. The van der Waals surface area contributed by atoms with E-state index >= 15 is 0 Å². The van der Waals surface area contributed by atoms with Crippen molar-refractivity contribution < 1.29 is 4.79 Å². The van der Waals surface area contributed by atoms with Gasteiger partial charge in [-0.2, -0.15) is 0 Å². The highest BCUT2D eigenvalue weighted by molar-refractivity contribution is 9.10. The number of nitrogens with zero attached hydrogens (tertiary/aromatic N) is 2. The van der Waals surface area contributed by atoms with Crippen molar-refractivity contribution in [1.29, 1.82) is 0 Å². The summed E-state index contributed by atoms with van der Waals surface area (Å²) in [4.78, 5) is 18.1.